The molecule has 0 saturated carbocycles. The molecule has 2 aromatic rings. The molecule has 23 heavy (non-hydrogen) atoms. The average molecular weight is 333 g/mol. The van der Waals surface area contributed by atoms with Gasteiger partial charge < -0.3 is 4.74 Å². The number of ether oxygens (including phenoxy) is 1. The Kier molecular flexibility index (Phi) is 4.58. The molecule has 7 heteroatoms. The Morgan fingerprint density at radius 3 is 2.70 bits per heavy atom. The van der Waals surface area contributed by atoms with Gasteiger partial charge in [-0.1, -0.05) is 19.1 Å². The van der Waals surface area contributed by atoms with Crippen LogP contribution in [0.3, 0.4) is 0 Å². The number of aromatic nitrogens is 2. The third kappa shape index (κ3) is 3.51. The van der Waals surface area contributed by atoms with Crippen molar-refractivity contribution in [1.29, 1.82) is 0 Å². The lowest BCUT2D eigenvalue weighted by atomic mass is 10.2. The Balaban J connectivity index is 1.69. The third-order valence-electron chi connectivity index (χ3n) is 3.91. The number of hydrogen-bond donors (Lipinski definition) is 0. The average Bonchev–Trinajstić information content (AvgIpc) is 3.05. The molecule has 1 atom stereocenters. The molecule has 0 amide bonds. The Labute approximate surface area is 136 Å². The summed E-state index contributed by atoms with van der Waals surface area (Å²) in [6.45, 7) is 2.82. The highest BCUT2D eigenvalue weighted by molar-refractivity contribution is 7.89. The van der Waals surface area contributed by atoms with E-state index in [9.17, 15) is 8.42 Å². The highest BCUT2D eigenvalue weighted by Gasteiger charge is 2.33. The molecule has 122 valence electrons. The maximum absolute atomic E-state index is 12.7. The van der Waals surface area contributed by atoms with Gasteiger partial charge in [-0.2, -0.15) is 9.40 Å². The topological polar surface area (TPSA) is 72.4 Å². The zero-order chi connectivity index (χ0) is 16.3. The summed E-state index contributed by atoms with van der Waals surface area (Å²) in [7, 11) is -3.47. The van der Waals surface area contributed by atoms with Crippen molar-refractivity contribution < 1.29 is 13.2 Å². The van der Waals surface area contributed by atoms with E-state index in [1.165, 1.54) is 4.31 Å². The highest BCUT2D eigenvalue weighted by Crippen LogP contribution is 2.23. The molecule has 1 saturated heterocycles. The fourth-order valence-corrected chi connectivity index (χ4v) is 4.07. The van der Waals surface area contributed by atoms with E-state index < -0.39 is 10.0 Å². The van der Waals surface area contributed by atoms with Crippen molar-refractivity contribution in [2.45, 2.75) is 30.8 Å². The van der Waals surface area contributed by atoms with E-state index >= 15 is 0 Å². The Morgan fingerprint density at radius 1 is 1.26 bits per heavy atom. The van der Waals surface area contributed by atoms with Crippen molar-refractivity contribution in [3.05, 3.63) is 48.2 Å². The second-order valence-corrected chi connectivity index (χ2v) is 7.39. The van der Waals surface area contributed by atoms with E-state index in [0.717, 1.165) is 12.0 Å². The van der Waals surface area contributed by atoms with E-state index in [1.54, 1.807) is 30.5 Å². The fraction of sp³-hybridized carbons (Fsp3) is 0.375. The molecule has 1 aromatic heterocycles. The standard InChI is InChI=1S/C16H19N3O3S/c1-2-13-5-7-15(8-6-13)23(20,21)19-11-9-14(12-19)22-16-4-3-10-17-18-16/h3-8,10,14H,2,9,11-12H2,1H3. The van der Waals surface area contributed by atoms with Gasteiger partial charge in [0, 0.05) is 18.8 Å². The van der Waals surface area contributed by atoms with Crippen LogP contribution >= 0.6 is 0 Å². The maximum atomic E-state index is 12.7. The van der Waals surface area contributed by atoms with Crippen LogP contribution in [0.1, 0.15) is 18.9 Å². The maximum Gasteiger partial charge on any atom is 0.243 e. The summed E-state index contributed by atoms with van der Waals surface area (Å²) in [5.41, 5.74) is 1.12. The zero-order valence-electron chi connectivity index (χ0n) is 12.9. The molecular formula is C16H19N3O3S. The summed E-state index contributed by atoms with van der Waals surface area (Å²) in [4.78, 5) is 0.329. The monoisotopic (exact) mass is 333 g/mol. The van der Waals surface area contributed by atoms with E-state index in [2.05, 4.69) is 10.2 Å². The third-order valence-corrected chi connectivity index (χ3v) is 5.79. The first kappa shape index (κ1) is 15.9. The molecule has 0 aliphatic carbocycles. The van der Waals surface area contributed by atoms with Crippen LogP contribution in [0.4, 0.5) is 0 Å². The number of benzene rings is 1. The summed E-state index contributed by atoms with van der Waals surface area (Å²) in [6.07, 6.45) is 2.90. The van der Waals surface area contributed by atoms with Gasteiger partial charge in [0.1, 0.15) is 6.10 Å². The van der Waals surface area contributed by atoms with Crippen LogP contribution in [0.5, 0.6) is 5.88 Å². The predicted molar refractivity (Wildman–Crippen MR) is 85.6 cm³/mol. The fourth-order valence-electron chi connectivity index (χ4n) is 2.58. The van der Waals surface area contributed by atoms with E-state index in [1.807, 2.05) is 19.1 Å². The Morgan fingerprint density at radius 2 is 2.04 bits per heavy atom. The second-order valence-electron chi connectivity index (χ2n) is 5.45. The largest absolute Gasteiger partial charge is 0.472 e. The van der Waals surface area contributed by atoms with Crippen LogP contribution in [-0.4, -0.2) is 42.1 Å². The molecule has 2 heterocycles. The van der Waals surface area contributed by atoms with Crippen molar-refractivity contribution >= 4 is 10.0 Å². The quantitative estimate of drug-likeness (QED) is 0.835. The van der Waals surface area contributed by atoms with Gasteiger partial charge in [0.15, 0.2) is 0 Å². The molecule has 1 aliphatic rings. The van der Waals surface area contributed by atoms with Gasteiger partial charge in [-0.25, -0.2) is 8.42 Å². The SMILES string of the molecule is CCc1ccc(S(=O)(=O)N2CCC(Oc3cccnn3)C2)cc1. The van der Waals surface area contributed by atoms with Gasteiger partial charge >= 0.3 is 0 Å². The first-order chi connectivity index (χ1) is 11.1. The van der Waals surface area contributed by atoms with Crippen LogP contribution in [0.2, 0.25) is 0 Å². The van der Waals surface area contributed by atoms with Crippen LogP contribution in [0.15, 0.2) is 47.5 Å². The van der Waals surface area contributed by atoms with Crippen molar-refractivity contribution in [1.82, 2.24) is 14.5 Å². The van der Waals surface area contributed by atoms with Gasteiger partial charge in [0.05, 0.1) is 11.4 Å². The summed E-state index contributed by atoms with van der Waals surface area (Å²) in [5.74, 6) is 0.420. The molecule has 0 radical (unpaired) electrons. The van der Waals surface area contributed by atoms with Crippen LogP contribution in [0.25, 0.3) is 0 Å². The van der Waals surface area contributed by atoms with Gasteiger partial charge in [-0.05, 0) is 36.6 Å². The zero-order valence-corrected chi connectivity index (χ0v) is 13.7. The smallest absolute Gasteiger partial charge is 0.243 e. The van der Waals surface area contributed by atoms with Gasteiger partial charge in [0.25, 0.3) is 0 Å². The first-order valence-corrected chi connectivity index (χ1v) is 9.07. The molecule has 1 fully saturated rings. The summed E-state index contributed by atoms with van der Waals surface area (Å²) in [6, 6.07) is 10.5. The van der Waals surface area contributed by atoms with Crippen molar-refractivity contribution in [2.75, 3.05) is 13.1 Å². The van der Waals surface area contributed by atoms with Crippen LogP contribution in [0, 0.1) is 0 Å². The van der Waals surface area contributed by atoms with E-state index in [4.69, 9.17) is 4.74 Å². The summed E-state index contributed by atoms with van der Waals surface area (Å²) in [5, 5.41) is 7.62. The molecule has 6 nitrogen and oxygen atoms in total. The van der Waals surface area contributed by atoms with Crippen molar-refractivity contribution in [3.8, 4) is 5.88 Å². The highest BCUT2D eigenvalue weighted by atomic mass is 32.2. The van der Waals surface area contributed by atoms with Gasteiger partial charge in [-0.3, -0.25) is 0 Å². The second kappa shape index (κ2) is 6.64. The summed E-state index contributed by atoms with van der Waals surface area (Å²) >= 11 is 0. The lowest BCUT2D eigenvalue weighted by Gasteiger charge is -2.17. The minimum absolute atomic E-state index is 0.198. The number of aryl methyl sites for hydroxylation is 1. The number of nitrogens with zero attached hydrogens (tertiary/aromatic N) is 3. The molecule has 0 bridgehead atoms. The van der Waals surface area contributed by atoms with Gasteiger partial charge in [-0.15, -0.1) is 5.10 Å². The van der Waals surface area contributed by atoms with Gasteiger partial charge in [0.2, 0.25) is 15.9 Å². The predicted octanol–water partition coefficient (Wildman–Crippen LogP) is 1.88. The number of sulfonamides is 1. The normalized spacial score (nSPS) is 18.9. The lowest BCUT2D eigenvalue weighted by molar-refractivity contribution is 0.204. The van der Waals surface area contributed by atoms with Crippen molar-refractivity contribution in [3.63, 3.8) is 0 Å². The van der Waals surface area contributed by atoms with E-state index in [-0.39, 0.29) is 6.10 Å². The van der Waals surface area contributed by atoms with Crippen molar-refractivity contribution in [2.24, 2.45) is 0 Å². The Bertz CT molecular complexity index is 748. The molecular weight excluding hydrogens is 314 g/mol. The van der Waals surface area contributed by atoms with E-state index in [0.29, 0.717) is 30.3 Å². The molecule has 1 unspecified atom stereocenters. The molecule has 3 rings (SSSR count). The van der Waals surface area contributed by atoms with Crippen LogP contribution < -0.4 is 4.74 Å². The molecule has 0 N–H and O–H groups in total. The first-order valence-electron chi connectivity index (χ1n) is 7.63. The number of rotatable bonds is 5. The number of hydrogen-bond acceptors (Lipinski definition) is 5. The minimum atomic E-state index is -3.47. The van der Waals surface area contributed by atoms with Crippen LogP contribution in [-0.2, 0) is 16.4 Å². The molecule has 1 aromatic carbocycles. The molecule has 1 aliphatic heterocycles. The molecule has 0 spiro atoms. The Hall–Kier alpha value is -1.99. The summed E-state index contributed by atoms with van der Waals surface area (Å²) < 4.78 is 32.5. The lowest BCUT2D eigenvalue weighted by Crippen LogP contribution is -2.31. The minimum Gasteiger partial charge on any atom is -0.472 e.